The van der Waals surface area contributed by atoms with Crippen molar-refractivity contribution in [2.24, 2.45) is 29.4 Å². The van der Waals surface area contributed by atoms with Crippen molar-refractivity contribution in [3.05, 3.63) is 0 Å². The largest absolute Gasteiger partial charge is 0.352 e. The summed E-state index contributed by atoms with van der Waals surface area (Å²) in [5.41, 5.74) is 5.69. The Bertz CT molecular complexity index is 255. The smallest absolute Gasteiger partial charge is 0.223 e. The highest BCUT2D eigenvalue weighted by Crippen LogP contribution is 2.57. The third-order valence-corrected chi connectivity index (χ3v) is 4.10. The zero-order valence-electron chi connectivity index (χ0n) is 10.4. The highest BCUT2D eigenvalue weighted by molar-refractivity contribution is 5.82. The first-order chi connectivity index (χ1) is 7.63. The minimum absolute atomic E-state index is 0.175. The summed E-state index contributed by atoms with van der Waals surface area (Å²) in [6.07, 6.45) is 4.84. The maximum Gasteiger partial charge on any atom is 0.223 e. The third-order valence-electron chi connectivity index (χ3n) is 4.10. The van der Waals surface area contributed by atoms with E-state index in [4.69, 9.17) is 5.73 Å². The molecule has 0 spiro atoms. The van der Waals surface area contributed by atoms with Crippen LogP contribution in [0.3, 0.4) is 0 Å². The maximum atomic E-state index is 12.0. The fraction of sp³-hybridized carbons (Fsp3) is 0.923. The number of nitrogens with one attached hydrogen (secondary N) is 1. The zero-order chi connectivity index (χ0) is 11.7. The molecule has 3 atom stereocenters. The second kappa shape index (κ2) is 4.74. The van der Waals surface area contributed by atoms with Crippen LogP contribution in [0.25, 0.3) is 0 Å². The van der Waals surface area contributed by atoms with E-state index in [1.807, 2.05) is 0 Å². The summed E-state index contributed by atoms with van der Waals surface area (Å²) >= 11 is 0. The molecular weight excluding hydrogens is 200 g/mol. The number of carbonyl (C=O) groups excluding carboxylic acids is 1. The van der Waals surface area contributed by atoms with Gasteiger partial charge in [0, 0.05) is 18.5 Å². The topological polar surface area (TPSA) is 55.1 Å². The second-order valence-electron chi connectivity index (χ2n) is 5.86. The van der Waals surface area contributed by atoms with Crippen LogP contribution in [0, 0.1) is 23.7 Å². The molecule has 3 unspecified atom stereocenters. The van der Waals surface area contributed by atoms with E-state index in [1.54, 1.807) is 0 Å². The first kappa shape index (κ1) is 11.9. The lowest BCUT2D eigenvalue weighted by atomic mass is 10.0. The molecule has 2 aliphatic carbocycles. The lowest BCUT2D eigenvalue weighted by molar-refractivity contribution is -0.123. The van der Waals surface area contributed by atoms with Gasteiger partial charge < -0.3 is 11.1 Å². The van der Waals surface area contributed by atoms with Crippen LogP contribution >= 0.6 is 0 Å². The molecule has 2 saturated carbocycles. The first-order valence-corrected chi connectivity index (χ1v) is 6.64. The molecule has 2 aliphatic rings. The normalized spacial score (nSPS) is 33.6. The van der Waals surface area contributed by atoms with Gasteiger partial charge in [-0.3, -0.25) is 4.79 Å². The molecule has 0 aromatic heterocycles. The van der Waals surface area contributed by atoms with Crippen molar-refractivity contribution in [2.75, 3.05) is 6.54 Å². The number of hydrogen-bond acceptors (Lipinski definition) is 2. The van der Waals surface area contributed by atoms with Crippen LogP contribution in [0.4, 0.5) is 0 Å². The standard InChI is InChI=1S/C13H24N2O/c1-8(2)6-9(7-14)15-13(16)12-10-4-3-5-11(10)12/h8-12H,3-7,14H2,1-2H3,(H,15,16). The Hall–Kier alpha value is -0.570. The fourth-order valence-corrected chi connectivity index (χ4v) is 3.29. The average Bonchev–Trinajstić information content (AvgIpc) is 2.71. The van der Waals surface area contributed by atoms with Gasteiger partial charge in [-0.05, 0) is 37.0 Å². The summed E-state index contributed by atoms with van der Waals surface area (Å²) in [4.78, 5) is 12.0. The van der Waals surface area contributed by atoms with Gasteiger partial charge in [0.2, 0.25) is 5.91 Å². The van der Waals surface area contributed by atoms with Crippen LogP contribution in [0.15, 0.2) is 0 Å². The molecule has 3 heteroatoms. The Kier molecular flexibility index (Phi) is 3.53. The number of nitrogens with two attached hydrogens (primary N) is 1. The van der Waals surface area contributed by atoms with E-state index in [-0.39, 0.29) is 11.9 Å². The molecule has 0 bridgehead atoms. The average molecular weight is 224 g/mol. The van der Waals surface area contributed by atoms with Gasteiger partial charge in [-0.2, -0.15) is 0 Å². The fourth-order valence-electron chi connectivity index (χ4n) is 3.29. The molecule has 3 nitrogen and oxygen atoms in total. The number of fused-ring (bicyclic) bond motifs is 1. The predicted octanol–water partition coefficient (Wildman–Crippen LogP) is 1.52. The van der Waals surface area contributed by atoms with E-state index in [2.05, 4.69) is 19.2 Å². The van der Waals surface area contributed by atoms with Gasteiger partial charge >= 0.3 is 0 Å². The van der Waals surface area contributed by atoms with Crippen molar-refractivity contribution in [3.63, 3.8) is 0 Å². The summed E-state index contributed by atoms with van der Waals surface area (Å²) in [5, 5.41) is 3.12. The molecule has 0 aliphatic heterocycles. The molecule has 92 valence electrons. The van der Waals surface area contributed by atoms with Crippen LogP contribution < -0.4 is 11.1 Å². The van der Waals surface area contributed by atoms with Gasteiger partial charge in [0.1, 0.15) is 0 Å². The van der Waals surface area contributed by atoms with E-state index < -0.39 is 0 Å². The van der Waals surface area contributed by atoms with Crippen molar-refractivity contribution in [1.29, 1.82) is 0 Å². The molecule has 1 amide bonds. The van der Waals surface area contributed by atoms with Gasteiger partial charge in [-0.1, -0.05) is 20.3 Å². The summed E-state index contributed by atoms with van der Waals surface area (Å²) in [7, 11) is 0. The van der Waals surface area contributed by atoms with Crippen molar-refractivity contribution in [2.45, 2.75) is 45.6 Å². The Morgan fingerprint density at radius 1 is 1.38 bits per heavy atom. The predicted molar refractivity (Wildman–Crippen MR) is 64.8 cm³/mol. The number of amides is 1. The van der Waals surface area contributed by atoms with Crippen molar-refractivity contribution in [1.82, 2.24) is 5.32 Å². The second-order valence-corrected chi connectivity index (χ2v) is 5.86. The van der Waals surface area contributed by atoms with E-state index in [0.29, 0.717) is 30.2 Å². The number of rotatable bonds is 5. The Morgan fingerprint density at radius 3 is 2.50 bits per heavy atom. The van der Waals surface area contributed by atoms with Crippen LogP contribution in [0.2, 0.25) is 0 Å². The third kappa shape index (κ3) is 2.40. The Balaban J connectivity index is 1.78. The number of hydrogen-bond donors (Lipinski definition) is 2. The van der Waals surface area contributed by atoms with Gasteiger partial charge in [0.25, 0.3) is 0 Å². The molecule has 3 N–H and O–H groups in total. The minimum Gasteiger partial charge on any atom is -0.352 e. The summed E-state index contributed by atoms with van der Waals surface area (Å²) in [6.45, 7) is 4.90. The molecule has 16 heavy (non-hydrogen) atoms. The van der Waals surface area contributed by atoms with Crippen molar-refractivity contribution < 1.29 is 4.79 Å². The maximum absolute atomic E-state index is 12.0. The quantitative estimate of drug-likeness (QED) is 0.744. The zero-order valence-corrected chi connectivity index (χ0v) is 10.4. The molecule has 0 aromatic rings. The highest BCUT2D eigenvalue weighted by atomic mass is 16.2. The molecule has 0 aromatic carbocycles. The van der Waals surface area contributed by atoms with Gasteiger partial charge in [-0.15, -0.1) is 0 Å². The van der Waals surface area contributed by atoms with Crippen LogP contribution in [-0.4, -0.2) is 18.5 Å². The summed E-state index contributed by atoms with van der Waals surface area (Å²) in [5.74, 6) is 2.60. The van der Waals surface area contributed by atoms with Crippen LogP contribution in [0.5, 0.6) is 0 Å². The van der Waals surface area contributed by atoms with E-state index in [0.717, 1.165) is 6.42 Å². The summed E-state index contributed by atoms with van der Waals surface area (Å²) < 4.78 is 0. The lowest BCUT2D eigenvalue weighted by Gasteiger charge is -2.19. The van der Waals surface area contributed by atoms with Gasteiger partial charge in [0.05, 0.1) is 0 Å². The van der Waals surface area contributed by atoms with E-state index in [1.165, 1.54) is 19.3 Å². The first-order valence-electron chi connectivity index (χ1n) is 6.64. The van der Waals surface area contributed by atoms with E-state index in [9.17, 15) is 4.79 Å². The molecule has 0 heterocycles. The Morgan fingerprint density at radius 2 is 2.00 bits per heavy atom. The minimum atomic E-state index is 0.175. The van der Waals surface area contributed by atoms with Gasteiger partial charge in [-0.25, -0.2) is 0 Å². The van der Waals surface area contributed by atoms with Gasteiger partial charge in [0.15, 0.2) is 0 Å². The summed E-state index contributed by atoms with van der Waals surface area (Å²) in [6, 6.07) is 0.175. The lowest BCUT2D eigenvalue weighted by Crippen LogP contribution is -2.42. The van der Waals surface area contributed by atoms with Crippen LogP contribution in [-0.2, 0) is 4.79 Å². The number of carbonyl (C=O) groups is 1. The van der Waals surface area contributed by atoms with Crippen molar-refractivity contribution >= 4 is 5.91 Å². The molecular formula is C13H24N2O. The van der Waals surface area contributed by atoms with E-state index >= 15 is 0 Å². The SMILES string of the molecule is CC(C)CC(CN)NC(=O)C1C2CCCC21. The molecule has 0 radical (unpaired) electrons. The molecule has 2 rings (SSSR count). The molecule has 0 saturated heterocycles. The highest BCUT2D eigenvalue weighted by Gasteiger charge is 2.56. The van der Waals surface area contributed by atoms with Crippen LogP contribution in [0.1, 0.15) is 39.5 Å². The monoisotopic (exact) mass is 224 g/mol. The Labute approximate surface area is 98.2 Å². The van der Waals surface area contributed by atoms with Crippen molar-refractivity contribution in [3.8, 4) is 0 Å². The molecule has 2 fully saturated rings.